The van der Waals surface area contributed by atoms with Crippen LogP contribution in [0.5, 0.6) is 0 Å². The van der Waals surface area contributed by atoms with Crippen molar-refractivity contribution < 1.29 is 36.6 Å². The fourth-order valence-corrected chi connectivity index (χ4v) is 3.02. The Kier molecular flexibility index (Phi) is 6.69. The normalized spacial score (nSPS) is 10.8. The van der Waals surface area contributed by atoms with E-state index in [4.69, 9.17) is 4.74 Å². The molecule has 0 saturated carbocycles. The number of benzene rings is 3. The second kappa shape index (κ2) is 9.42. The van der Waals surface area contributed by atoms with Crippen LogP contribution in [-0.4, -0.2) is 19.0 Å². The maximum atomic E-state index is 14.3. The number of hydrogen-bond acceptors (Lipinski definition) is 4. The molecule has 4 nitrogen and oxygen atoms in total. The van der Waals surface area contributed by atoms with Crippen molar-refractivity contribution >= 4 is 11.9 Å². The lowest BCUT2D eigenvalue weighted by Crippen LogP contribution is -2.19. The largest absolute Gasteiger partial charge is 0.465 e. The summed E-state index contributed by atoms with van der Waals surface area (Å²) in [6.45, 7) is 0. The van der Waals surface area contributed by atoms with Crippen LogP contribution in [-0.2, 0) is 20.7 Å². The van der Waals surface area contributed by atoms with Gasteiger partial charge >= 0.3 is 11.9 Å². The molecule has 3 aromatic carbocycles. The molecule has 0 saturated heterocycles. The van der Waals surface area contributed by atoms with Gasteiger partial charge in [-0.1, -0.05) is 60.7 Å². The first kappa shape index (κ1) is 22.0. The molecule has 0 amide bonds. The molecule has 8 heteroatoms. The van der Waals surface area contributed by atoms with Crippen molar-refractivity contribution in [3.8, 4) is 0 Å². The summed E-state index contributed by atoms with van der Waals surface area (Å²) in [5.74, 6) is -10.3. The molecule has 0 N–H and O–H groups in total. The lowest BCUT2D eigenvalue weighted by Gasteiger charge is -2.19. The minimum Gasteiger partial charge on any atom is -0.465 e. The summed E-state index contributed by atoms with van der Waals surface area (Å²) in [6, 6.07) is 17.1. The van der Waals surface area contributed by atoms with Crippen LogP contribution < -0.4 is 0 Å². The predicted octanol–water partition coefficient (Wildman–Crippen LogP) is 4.90. The molecule has 0 aliphatic heterocycles. The third-order valence-electron chi connectivity index (χ3n) is 4.52. The molecule has 0 aliphatic rings. The van der Waals surface area contributed by atoms with Gasteiger partial charge in [0.2, 0.25) is 0 Å². The highest BCUT2D eigenvalue weighted by Crippen LogP contribution is 2.29. The van der Waals surface area contributed by atoms with E-state index in [0.29, 0.717) is 11.1 Å². The first-order valence-electron chi connectivity index (χ1n) is 9.07. The molecular formula is C23H16F4O4. The molecule has 3 aromatic rings. The summed E-state index contributed by atoms with van der Waals surface area (Å²) in [4.78, 5) is 23.9. The zero-order valence-corrected chi connectivity index (χ0v) is 16.2. The van der Waals surface area contributed by atoms with Crippen molar-refractivity contribution in [2.75, 3.05) is 7.11 Å². The van der Waals surface area contributed by atoms with E-state index in [-0.39, 0.29) is 0 Å². The molecule has 0 fully saturated rings. The van der Waals surface area contributed by atoms with E-state index in [2.05, 4.69) is 4.74 Å². The molecule has 31 heavy (non-hydrogen) atoms. The molecule has 0 heterocycles. The first-order valence-corrected chi connectivity index (χ1v) is 9.07. The third-order valence-corrected chi connectivity index (χ3v) is 4.52. The van der Waals surface area contributed by atoms with E-state index in [1.165, 1.54) is 0 Å². The summed E-state index contributed by atoms with van der Waals surface area (Å²) in [6.07, 6.45) is -2.01. The van der Waals surface area contributed by atoms with Crippen LogP contribution in [0.3, 0.4) is 0 Å². The van der Waals surface area contributed by atoms with Crippen molar-refractivity contribution in [2.24, 2.45) is 0 Å². The van der Waals surface area contributed by atoms with Gasteiger partial charge in [-0.05, 0) is 11.1 Å². The molecule has 0 unspecified atom stereocenters. The van der Waals surface area contributed by atoms with Crippen molar-refractivity contribution in [1.82, 2.24) is 0 Å². The second-order valence-electron chi connectivity index (χ2n) is 6.47. The standard InChI is InChI=1S/C23H16F4O4/c1-30-23(29)17-20(26)18(24)15(19(25)21(17)27)12-16(28)31-22(13-8-4-2-5-9-13)14-10-6-3-7-11-14/h2-11,22H,12H2,1H3. The predicted molar refractivity (Wildman–Crippen MR) is 102 cm³/mol. The minimum atomic E-state index is -1.95. The van der Waals surface area contributed by atoms with Crippen LogP contribution >= 0.6 is 0 Å². The number of carbonyl (C=O) groups excluding carboxylic acids is 2. The van der Waals surface area contributed by atoms with Gasteiger partial charge in [0.25, 0.3) is 0 Å². The number of hydrogen-bond donors (Lipinski definition) is 0. The Morgan fingerprint density at radius 2 is 1.23 bits per heavy atom. The molecule has 0 bridgehead atoms. The summed E-state index contributed by atoms with van der Waals surface area (Å²) in [5.41, 5.74) is -1.53. The zero-order valence-electron chi connectivity index (χ0n) is 16.2. The number of methoxy groups -OCH3 is 1. The highest BCUT2D eigenvalue weighted by atomic mass is 19.2. The molecular weight excluding hydrogens is 416 g/mol. The second-order valence-corrected chi connectivity index (χ2v) is 6.47. The van der Waals surface area contributed by atoms with Crippen LogP contribution in [0.25, 0.3) is 0 Å². The third kappa shape index (κ3) is 4.58. The molecule has 0 aromatic heterocycles. The fourth-order valence-electron chi connectivity index (χ4n) is 3.02. The van der Waals surface area contributed by atoms with Crippen molar-refractivity contribution in [1.29, 1.82) is 0 Å². The summed E-state index contributed by atoms with van der Waals surface area (Å²) < 4.78 is 66.5. The average Bonchev–Trinajstić information content (AvgIpc) is 2.80. The maximum Gasteiger partial charge on any atom is 0.344 e. The van der Waals surface area contributed by atoms with Crippen LogP contribution in [0, 0.1) is 23.3 Å². The van der Waals surface area contributed by atoms with Crippen molar-refractivity contribution in [3.05, 3.63) is 106 Å². The first-order chi connectivity index (χ1) is 14.8. The van der Waals surface area contributed by atoms with Gasteiger partial charge in [0.15, 0.2) is 29.4 Å². The fraction of sp³-hybridized carbons (Fsp3) is 0.130. The SMILES string of the molecule is COC(=O)c1c(F)c(F)c(CC(=O)OC(c2ccccc2)c2ccccc2)c(F)c1F. The van der Waals surface area contributed by atoms with E-state index in [0.717, 1.165) is 7.11 Å². The van der Waals surface area contributed by atoms with Gasteiger partial charge in [-0.25, -0.2) is 22.4 Å². The van der Waals surface area contributed by atoms with E-state index in [1.807, 2.05) is 0 Å². The van der Waals surface area contributed by atoms with Crippen LogP contribution in [0.1, 0.15) is 33.2 Å². The van der Waals surface area contributed by atoms with Gasteiger partial charge in [-0.2, -0.15) is 0 Å². The van der Waals surface area contributed by atoms with E-state index >= 15 is 0 Å². The summed E-state index contributed by atoms with van der Waals surface area (Å²) in [7, 11) is 0.801. The Labute approximate surface area is 175 Å². The Morgan fingerprint density at radius 3 is 1.65 bits per heavy atom. The van der Waals surface area contributed by atoms with Gasteiger partial charge in [0.1, 0.15) is 5.56 Å². The Balaban J connectivity index is 1.93. The van der Waals surface area contributed by atoms with Gasteiger partial charge in [-0.3, -0.25) is 4.79 Å². The van der Waals surface area contributed by atoms with E-state index in [9.17, 15) is 27.2 Å². The summed E-state index contributed by atoms with van der Waals surface area (Å²) >= 11 is 0. The molecule has 0 radical (unpaired) electrons. The van der Waals surface area contributed by atoms with Crippen LogP contribution in [0.2, 0.25) is 0 Å². The zero-order chi connectivity index (χ0) is 22.5. The number of esters is 2. The minimum absolute atomic E-state index is 0.585. The molecule has 160 valence electrons. The number of halogens is 4. The van der Waals surface area contributed by atoms with Gasteiger partial charge in [0.05, 0.1) is 13.5 Å². The molecule has 0 atom stereocenters. The lowest BCUT2D eigenvalue weighted by atomic mass is 10.0. The average molecular weight is 432 g/mol. The van der Waals surface area contributed by atoms with Gasteiger partial charge in [-0.15, -0.1) is 0 Å². The Morgan fingerprint density at radius 1 is 0.774 bits per heavy atom. The number of ether oxygens (including phenoxy) is 2. The lowest BCUT2D eigenvalue weighted by molar-refractivity contribution is -0.146. The molecule has 0 spiro atoms. The van der Waals surface area contributed by atoms with E-state index < -0.39 is 58.9 Å². The molecule has 0 aliphatic carbocycles. The quantitative estimate of drug-likeness (QED) is 0.316. The van der Waals surface area contributed by atoms with Crippen molar-refractivity contribution in [2.45, 2.75) is 12.5 Å². The number of rotatable bonds is 6. The Hall–Kier alpha value is -3.68. The van der Waals surface area contributed by atoms with E-state index in [1.54, 1.807) is 60.7 Å². The number of carbonyl (C=O) groups is 2. The topological polar surface area (TPSA) is 52.6 Å². The monoisotopic (exact) mass is 432 g/mol. The van der Waals surface area contributed by atoms with Crippen LogP contribution in [0.4, 0.5) is 17.6 Å². The highest BCUT2D eigenvalue weighted by molar-refractivity contribution is 5.90. The van der Waals surface area contributed by atoms with Crippen molar-refractivity contribution in [3.63, 3.8) is 0 Å². The van der Waals surface area contributed by atoms with Gasteiger partial charge < -0.3 is 9.47 Å². The highest BCUT2D eigenvalue weighted by Gasteiger charge is 2.31. The smallest absolute Gasteiger partial charge is 0.344 e. The molecule has 3 rings (SSSR count). The Bertz CT molecular complexity index is 1030. The maximum absolute atomic E-state index is 14.3. The van der Waals surface area contributed by atoms with Gasteiger partial charge in [0, 0.05) is 5.56 Å². The summed E-state index contributed by atoms with van der Waals surface area (Å²) in [5, 5.41) is 0. The van der Waals surface area contributed by atoms with Crippen LogP contribution in [0.15, 0.2) is 60.7 Å².